The maximum atomic E-state index is 11.8. The van der Waals surface area contributed by atoms with Crippen LogP contribution >= 0.6 is 0 Å². The van der Waals surface area contributed by atoms with Crippen LogP contribution in [-0.4, -0.2) is 67.7 Å². The van der Waals surface area contributed by atoms with E-state index in [9.17, 15) is 4.79 Å². The van der Waals surface area contributed by atoms with Crippen LogP contribution in [0.1, 0.15) is 24.8 Å². The standard InChI is InChI=1S/C19H28N4O/c24-19-20-9-13-23(19)17-7-11-21(12-8-17)14-15-22-10-3-5-16-4-1-2-6-18(16)22/h1-2,4,6,17H,3,5,7-15H2,(H,20,24). The summed E-state index contributed by atoms with van der Waals surface area (Å²) in [6.07, 6.45) is 4.72. The molecule has 0 unspecified atom stereocenters. The predicted octanol–water partition coefficient (Wildman–Crippen LogP) is 1.93. The summed E-state index contributed by atoms with van der Waals surface area (Å²) in [6.45, 7) is 7.36. The Hall–Kier alpha value is -1.75. The molecule has 1 aromatic carbocycles. The van der Waals surface area contributed by atoms with Crippen LogP contribution in [0.3, 0.4) is 0 Å². The Morgan fingerprint density at radius 2 is 1.88 bits per heavy atom. The number of nitrogens with zero attached hydrogens (tertiary/aromatic N) is 3. The monoisotopic (exact) mass is 328 g/mol. The van der Waals surface area contributed by atoms with Gasteiger partial charge in [-0.2, -0.15) is 0 Å². The highest BCUT2D eigenvalue weighted by Crippen LogP contribution is 2.26. The lowest BCUT2D eigenvalue weighted by Gasteiger charge is -2.38. The zero-order valence-electron chi connectivity index (χ0n) is 14.4. The van der Waals surface area contributed by atoms with Crippen LogP contribution in [0.5, 0.6) is 0 Å². The Balaban J connectivity index is 1.27. The highest BCUT2D eigenvalue weighted by molar-refractivity contribution is 5.76. The van der Waals surface area contributed by atoms with Crippen molar-refractivity contribution in [3.63, 3.8) is 0 Å². The van der Waals surface area contributed by atoms with Gasteiger partial charge in [0.2, 0.25) is 0 Å². The molecular weight excluding hydrogens is 300 g/mol. The van der Waals surface area contributed by atoms with Gasteiger partial charge in [0.05, 0.1) is 0 Å². The van der Waals surface area contributed by atoms with Crippen molar-refractivity contribution in [2.24, 2.45) is 0 Å². The summed E-state index contributed by atoms with van der Waals surface area (Å²) in [4.78, 5) is 19.0. The van der Waals surface area contributed by atoms with E-state index < -0.39 is 0 Å². The van der Waals surface area contributed by atoms with E-state index in [-0.39, 0.29) is 6.03 Å². The Labute approximate surface area is 144 Å². The molecular formula is C19H28N4O. The number of aryl methyl sites for hydroxylation is 1. The topological polar surface area (TPSA) is 38.8 Å². The number of carbonyl (C=O) groups excluding carboxylic acids is 1. The number of para-hydroxylation sites is 1. The van der Waals surface area contributed by atoms with E-state index in [2.05, 4.69) is 39.4 Å². The van der Waals surface area contributed by atoms with Gasteiger partial charge in [0.1, 0.15) is 0 Å². The Morgan fingerprint density at radius 1 is 1.04 bits per heavy atom. The Bertz CT molecular complexity index is 582. The molecule has 4 rings (SSSR count). The number of piperidine rings is 1. The predicted molar refractivity (Wildman–Crippen MR) is 96.5 cm³/mol. The summed E-state index contributed by atoms with van der Waals surface area (Å²) in [5.41, 5.74) is 2.94. The summed E-state index contributed by atoms with van der Waals surface area (Å²) >= 11 is 0. The summed E-state index contributed by atoms with van der Waals surface area (Å²) in [5.74, 6) is 0. The summed E-state index contributed by atoms with van der Waals surface area (Å²) in [6, 6.07) is 9.43. The van der Waals surface area contributed by atoms with Crippen molar-refractivity contribution < 1.29 is 4.79 Å². The van der Waals surface area contributed by atoms with Crippen LogP contribution in [0.25, 0.3) is 0 Å². The van der Waals surface area contributed by atoms with Gasteiger partial charge < -0.3 is 20.0 Å². The van der Waals surface area contributed by atoms with Crippen LogP contribution < -0.4 is 10.2 Å². The van der Waals surface area contributed by atoms with Crippen molar-refractivity contribution >= 4 is 11.7 Å². The number of nitrogens with one attached hydrogen (secondary N) is 1. The quantitative estimate of drug-likeness (QED) is 0.918. The van der Waals surface area contributed by atoms with Gasteiger partial charge in [-0.3, -0.25) is 0 Å². The van der Waals surface area contributed by atoms with E-state index in [1.807, 2.05) is 4.90 Å². The summed E-state index contributed by atoms with van der Waals surface area (Å²) < 4.78 is 0. The number of urea groups is 1. The van der Waals surface area contributed by atoms with Gasteiger partial charge in [0, 0.05) is 57.5 Å². The largest absolute Gasteiger partial charge is 0.370 e. The molecule has 130 valence electrons. The number of rotatable bonds is 4. The number of hydrogen-bond acceptors (Lipinski definition) is 3. The zero-order valence-corrected chi connectivity index (χ0v) is 14.4. The number of hydrogen-bond donors (Lipinski definition) is 1. The van der Waals surface area contributed by atoms with Crippen LogP contribution in [-0.2, 0) is 6.42 Å². The van der Waals surface area contributed by atoms with Gasteiger partial charge >= 0.3 is 6.03 Å². The molecule has 0 aliphatic carbocycles. The number of likely N-dealkylation sites (tertiary alicyclic amines) is 1. The molecule has 0 radical (unpaired) electrons. The Morgan fingerprint density at radius 3 is 2.67 bits per heavy atom. The number of amides is 2. The third-order valence-corrected chi connectivity index (χ3v) is 5.78. The van der Waals surface area contributed by atoms with Crippen molar-refractivity contribution in [1.82, 2.24) is 15.1 Å². The van der Waals surface area contributed by atoms with Gasteiger partial charge in [0.15, 0.2) is 0 Å². The van der Waals surface area contributed by atoms with Crippen molar-refractivity contribution in [2.45, 2.75) is 31.7 Å². The molecule has 2 amide bonds. The highest BCUT2D eigenvalue weighted by atomic mass is 16.2. The molecule has 3 aliphatic heterocycles. The third-order valence-electron chi connectivity index (χ3n) is 5.78. The fourth-order valence-corrected chi connectivity index (χ4v) is 4.40. The second-order valence-corrected chi connectivity index (χ2v) is 7.22. The molecule has 0 aromatic heterocycles. The van der Waals surface area contributed by atoms with Crippen molar-refractivity contribution in [2.75, 3.05) is 50.7 Å². The van der Waals surface area contributed by atoms with Crippen LogP contribution in [0.4, 0.5) is 10.5 Å². The molecule has 2 fully saturated rings. The maximum absolute atomic E-state index is 11.8. The van der Waals surface area contributed by atoms with E-state index in [4.69, 9.17) is 0 Å². The minimum atomic E-state index is 0.137. The fraction of sp³-hybridized carbons (Fsp3) is 0.632. The minimum Gasteiger partial charge on any atom is -0.370 e. The molecule has 1 aromatic rings. The van der Waals surface area contributed by atoms with E-state index in [1.165, 1.54) is 30.6 Å². The van der Waals surface area contributed by atoms with Gasteiger partial charge in [-0.25, -0.2) is 4.79 Å². The number of benzene rings is 1. The molecule has 5 heteroatoms. The maximum Gasteiger partial charge on any atom is 0.317 e. The fourth-order valence-electron chi connectivity index (χ4n) is 4.40. The second-order valence-electron chi connectivity index (χ2n) is 7.22. The first-order valence-electron chi connectivity index (χ1n) is 9.41. The van der Waals surface area contributed by atoms with Crippen LogP contribution in [0.15, 0.2) is 24.3 Å². The first-order valence-corrected chi connectivity index (χ1v) is 9.41. The van der Waals surface area contributed by atoms with Gasteiger partial charge in [-0.15, -0.1) is 0 Å². The molecule has 5 nitrogen and oxygen atoms in total. The molecule has 0 saturated carbocycles. The molecule has 3 heterocycles. The molecule has 2 saturated heterocycles. The number of anilines is 1. The van der Waals surface area contributed by atoms with Crippen molar-refractivity contribution in [3.8, 4) is 0 Å². The molecule has 0 atom stereocenters. The van der Waals surface area contributed by atoms with Gasteiger partial charge in [0.25, 0.3) is 0 Å². The first-order chi connectivity index (χ1) is 11.8. The zero-order chi connectivity index (χ0) is 16.4. The molecule has 24 heavy (non-hydrogen) atoms. The average molecular weight is 328 g/mol. The van der Waals surface area contributed by atoms with E-state index in [1.54, 1.807) is 0 Å². The number of carbonyl (C=O) groups is 1. The second kappa shape index (κ2) is 7.01. The summed E-state index contributed by atoms with van der Waals surface area (Å²) in [5, 5.41) is 2.92. The Kier molecular flexibility index (Phi) is 4.60. The van der Waals surface area contributed by atoms with Crippen LogP contribution in [0.2, 0.25) is 0 Å². The first kappa shape index (κ1) is 15.8. The summed E-state index contributed by atoms with van der Waals surface area (Å²) in [7, 11) is 0. The van der Waals surface area contributed by atoms with E-state index >= 15 is 0 Å². The highest BCUT2D eigenvalue weighted by Gasteiger charge is 2.30. The minimum absolute atomic E-state index is 0.137. The van der Waals surface area contributed by atoms with Crippen molar-refractivity contribution in [3.05, 3.63) is 29.8 Å². The van der Waals surface area contributed by atoms with E-state index in [0.717, 1.165) is 52.1 Å². The molecule has 0 spiro atoms. The van der Waals surface area contributed by atoms with Crippen molar-refractivity contribution in [1.29, 1.82) is 0 Å². The smallest absolute Gasteiger partial charge is 0.317 e. The van der Waals surface area contributed by atoms with Crippen LogP contribution in [0, 0.1) is 0 Å². The third kappa shape index (κ3) is 3.22. The number of fused-ring (bicyclic) bond motifs is 1. The normalized spacial score (nSPS) is 22.6. The lowest BCUT2D eigenvalue weighted by Crippen LogP contribution is -2.47. The molecule has 3 aliphatic rings. The average Bonchev–Trinajstić information content (AvgIpc) is 3.06. The van der Waals surface area contributed by atoms with Gasteiger partial charge in [-0.1, -0.05) is 18.2 Å². The molecule has 0 bridgehead atoms. The lowest BCUT2D eigenvalue weighted by atomic mass is 10.0. The SMILES string of the molecule is O=C1NCCN1C1CCN(CCN2CCCc3ccccc32)CC1. The molecule has 1 N–H and O–H groups in total. The lowest BCUT2D eigenvalue weighted by molar-refractivity contribution is 0.137. The van der Waals surface area contributed by atoms with E-state index in [0.29, 0.717) is 6.04 Å². The van der Waals surface area contributed by atoms with Gasteiger partial charge in [-0.05, 0) is 37.3 Å².